The molecule has 2 aromatic heterocycles. The molecule has 7 nitrogen and oxygen atoms in total. The van der Waals surface area contributed by atoms with Crippen LogP contribution < -0.4 is 19.6 Å². The molecule has 1 aromatic carbocycles. The van der Waals surface area contributed by atoms with E-state index in [1.165, 1.54) is 15.9 Å². The number of benzene rings is 1. The number of carbonyl (C=O) groups excluding carboxylic acids is 1. The Bertz CT molecular complexity index is 1380. The molecule has 1 aliphatic rings. The van der Waals surface area contributed by atoms with E-state index in [-0.39, 0.29) is 12.2 Å². The Morgan fingerprint density at radius 3 is 2.58 bits per heavy atom. The van der Waals surface area contributed by atoms with Crippen molar-refractivity contribution < 1.29 is 18.7 Å². The molecule has 172 valence electrons. The lowest BCUT2D eigenvalue weighted by atomic mass is 10.0. The maximum atomic E-state index is 13.5. The van der Waals surface area contributed by atoms with Gasteiger partial charge in [0.15, 0.2) is 4.80 Å². The second-order valence-electron chi connectivity index (χ2n) is 7.67. The third-order valence-electron chi connectivity index (χ3n) is 5.20. The number of aromatic nitrogens is 1. The lowest BCUT2D eigenvalue weighted by molar-refractivity contribution is -0.139. The summed E-state index contributed by atoms with van der Waals surface area (Å²) in [6.07, 6.45) is 2.76. The molecule has 3 heterocycles. The standard InChI is InChI=1S/C25H26N2O5S/c1-5-13-31-18-10-8-17(9-11-18)14-20-23(28)27-22(19-12-7-15(3)32-19)21(24(29)30-6-2)16(4)26-25(27)33-20/h7-12,14,22H,5-6,13H2,1-4H3/b20-14-/t22-/m1/s1. The summed E-state index contributed by atoms with van der Waals surface area (Å²) >= 11 is 1.28. The molecule has 0 spiro atoms. The molecular weight excluding hydrogens is 440 g/mol. The maximum absolute atomic E-state index is 13.5. The van der Waals surface area contributed by atoms with Crippen molar-refractivity contribution in [1.29, 1.82) is 0 Å². The van der Waals surface area contributed by atoms with Gasteiger partial charge in [-0.15, -0.1) is 0 Å². The van der Waals surface area contributed by atoms with Crippen LogP contribution in [0.15, 0.2) is 61.9 Å². The van der Waals surface area contributed by atoms with Crippen LogP contribution in [0.5, 0.6) is 5.75 Å². The number of allylic oxidation sites excluding steroid dienone is 1. The number of furan rings is 1. The first-order chi connectivity index (χ1) is 15.9. The van der Waals surface area contributed by atoms with Gasteiger partial charge in [-0.25, -0.2) is 9.79 Å². The van der Waals surface area contributed by atoms with Crippen molar-refractivity contribution in [1.82, 2.24) is 4.57 Å². The van der Waals surface area contributed by atoms with Crippen LogP contribution in [0.3, 0.4) is 0 Å². The van der Waals surface area contributed by atoms with E-state index in [4.69, 9.17) is 13.9 Å². The topological polar surface area (TPSA) is 83.0 Å². The fourth-order valence-corrected chi connectivity index (χ4v) is 4.74. The molecule has 4 rings (SSSR count). The normalized spacial score (nSPS) is 15.9. The highest BCUT2D eigenvalue weighted by Crippen LogP contribution is 2.31. The number of thiazole rings is 1. The number of hydrogen-bond donors (Lipinski definition) is 0. The zero-order valence-electron chi connectivity index (χ0n) is 19.1. The smallest absolute Gasteiger partial charge is 0.338 e. The summed E-state index contributed by atoms with van der Waals surface area (Å²) in [6, 6.07) is 10.4. The first kappa shape index (κ1) is 22.8. The predicted octanol–water partition coefficient (Wildman–Crippen LogP) is 3.49. The van der Waals surface area contributed by atoms with Gasteiger partial charge in [0.05, 0.1) is 29.0 Å². The van der Waals surface area contributed by atoms with Crippen LogP contribution >= 0.6 is 11.3 Å². The Kier molecular flexibility index (Phi) is 6.65. The fourth-order valence-electron chi connectivity index (χ4n) is 3.69. The van der Waals surface area contributed by atoms with E-state index in [2.05, 4.69) is 11.9 Å². The second-order valence-corrected chi connectivity index (χ2v) is 8.68. The average Bonchev–Trinajstić information content (AvgIpc) is 3.35. The van der Waals surface area contributed by atoms with E-state index in [9.17, 15) is 9.59 Å². The lowest BCUT2D eigenvalue weighted by Gasteiger charge is -2.22. The van der Waals surface area contributed by atoms with Crippen molar-refractivity contribution in [3.8, 4) is 5.75 Å². The minimum Gasteiger partial charge on any atom is -0.494 e. The summed E-state index contributed by atoms with van der Waals surface area (Å²) in [7, 11) is 0. The van der Waals surface area contributed by atoms with E-state index in [1.807, 2.05) is 43.3 Å². The molecular formula is C25H26N2O5S. The summed E-state index contributed by atoms with van der Waals surface area (Å²) < 4.78 is 18.8. The maximum Gasteiger partial charge on any atom is 0.338 e. The molecule has 0 N–H and O–H groups in total. The summed E-state index contributed by atoms with van der Waals surface area (Å²) in [5.74, 6) is 1.47. The van der Waals surface area contributed by atoms with Crippen molar-refractivity contribution in [2.75, 3.05) is 13.2 Å². The monoisotopic (exact) mass is 466 g/mol. The highest BCUT2D eigenvalue weighted by Gasteiger charge is 2.35. The molecule has 3 aromatic rings. The van der Waals surface area contributed by atoms with Crippen LogP contribution in [-0.4, -0.2) is 23.8 Å². The van der Waals surface area contributed by atoms with Gasteiger partial charge in [-0.1, -0.05) is 30.4 Å². The van der Waals surface area contributed by atoms with E-state index in [0.717, 1.165) is 17.7 Å². The van der Waals surface area contributed by atoms with Crippen molar-refractivity contribution in [2.45, 2.75) is 40.2 Å². The van der Waals surface area contributed by atoms with Gasteiger partial charge in [0, 0.05) is 0 Å². The van der Waals surface area contributed by atoms with Gasteiger partial charge >= 0.3 is 5.97 Å². The molecule has 1 atom stereocenters. The van der Waals surface area contributed by atoms with Crippen molar-refractivity contribution in [2.24, 2.45) is 4.99 Å². The molecule has 0 saturated carbocycles. The minimum absolute atomic E-state index is 0.224. The number of nitrogens with zero attached hydrogens (tertiary/aromatic N) is 2. The third kappa shape index (κ3) is 4.57. The number of rotatable bonds is 7. The number of aryl methyl sites for hydroxylation is 1. The Morgan fingerprint density at radius 1 is 1.18 bits per heavy atom. The van der Waals surface area contributed by atoms with E-state index >= 15 is 0 Å². The number of hydrogen-bond acceptors (Lipinski definition) is 7. The second kappa shape index (κ2) is 9.62. The van der Waals surface area contributed by atoms with Crippen LogP contribution in [0.25, 0.3) is 6.08 Å². The molecule has 0 saturated heterocycles. The summed E-state index contributed by atoms with van der Waals surface area (Å²) in [4.78, 5) is 31.4. The molecule has 0 radical (unpaired) electrons. The van der Waals surface area contributed by atoms with Crippen LogP contribution in [-0.2, 0) is 9.53 Å². The zero-order valence-corrected chi connectivity index (χ0v) is 19.9. The van der Waals surface area contributed by atoms with Gasteiger partial charge in [0.1, 0.15) is 23.3 Å². The Hall–Kier alpha value is -3.39. The number of carbonyl (C=O) groups is 1. The molecule has 0 unspecified atom stereocenters. The van der Waals surface area contributed by atoms with Gasteiger partial charge in [0.25, 0.3) is 5.56 Å². The van der Waals surface area contributed by atoms with E-state index in [0.29, 0.717) is 38.7 Å². The van der Waals surface area contributed by atoms with E-state index < -0.39 is 12.0 Å². The minimum atomic E-state index is -0.735. The summed E-state index contributed by atoms with van der Waals surface area (Å²) in [5, 5.41) is 0. The van der Waals surface area contributed by atoms with Crippen LogP contribution in [0.4, 0.5) is 0 Å². The highest BCUT2D eigenvalue weighted by molar-refractivity contribution is 7.07. The molecule has 0 aliphatic carbocycles. The number of ether oxygens (including phenoxy) is 2. The number of esters is 1. The van der Waals surface area contributed by atoms with Crippen molar-refractivity contribution in [3.63, 3.8) is 0 Å². The predicted molar refractivity (Wildman–Crippen MR) is 126 cm³/mol. The largest absolute Gasteiger partial charge is 0.494 e. The van der Waals surface area contributed by atoms with Crippen LogP contribution in [0.2, 0.25) is 0 Å². The molecule has 0 bridgehead atoms. The Labute approximate surface area is 195 Å². The molecule has 33 heavy (non-hydrogen) atoms. The summed E-state index contributed by atoms with van der Waals surface area (Å²) in [5.41, 5.74) is 1.45. The zero-order chi connectivity index (χ0) is 23.5. The van der Waals surface area contributed by atoms with Gasteiger partial charge < -0.3 is 13.9 Å². The van der Waals surface area contributed by atoms with Gasteiger partial charge in [-0.3, -0.25) is 9.36 Å². The van der Waals surface area contributed by atoms with Crippen molar-refractivity contribution >= 4 is 23.4 Å². The molecule has 1 aliphatic heterocycles. The third-order valence-corrected chi connectivity index (χ3v) is 6.18. The fraction of sp³-hybridized carbons (Fsp3) is 0.320. The first-order valence-electron chi connectivity index (χ1n) is 10.9. The van der Waals surface area contributed by atoms with Gasteiger partial charge in [-0.2, -0.15) is 0 Å². The van der Waals surface area contributed by atoms with Crippen LogP contribution in [0, 0.1) is 6.92 Å². The van der Waals surface area contributed by atoms with E-state index in [1.54, 1.807) is 19.9 Å². The highest BCUT2D eigenvalue weighted by atomic mass is 32.1. The molecule has 8 heteroatoms. The molecule has 0 amide bonds. The summed E-state index contributed by atoms with van der Waals surface area (Å²) in [6.45, 7) is 8.26. The lowest BCUT2D eigenvalue weighted by Crippen LogP contribution is -2.39. The van der Waals surface area contributed by atoms with Gasteiger partial charge in [-0.05, 0) is 63.1 Å². The van der Waals surface area contributed by atoms with Crippen LogP contribution in [0.1, 0.15) is 50.3 Å². The Balaban J connectivity index is 1.82. The van der Waals surface area contributed by atoms with Gasteiger partial charge in [0.2, 0.25) is 0 Å². The molecule has 0 fully saturated rings. The average molecular weight is 467 g/mol. The number of fused-ring (bicyclic) bond motifs is 1. The SMILES string of the molecule is CCCOc1ccc(/C=c2\sc3n(c2=O)[C@H](c2ccc(C)o2)C(C(=O)OCC)=C(C)N=3)cc1. The Morgan fingerprint density at radius 2 is 1.94 bits per heavy atom. The quantitative estimate of drug-likeness (QED) is 0.498. The first-order valence-corrected chi connectivity index (χ1v) is 11.7. The van der Waals surface area contributed by atoms with Crippen molar-refractivity contribution in [3.05, 3.63) is 84.4 Å².